The fraction of sp³-hybridized carbons (Fsp3) is 0.476. The standard InChI is InChI=1S/C21H26N2O4/c1-14-5-4-6-19(15(14)2)23-20(24)13-27-21(25)17(12-22)11-16-7-9-18(26-3)10-8-16/h7-11,14-15,19H,4-6,13H2,1-3H3,(H,23,24)/b17-11-/t14-,15+,19-/m0/s1. The lowest BCUT2D eigenvalue weighted by atomic mass is 9.78. The Morgan fingerprint density at radius 1 is 1.26 bits per heavy atom. The number of esters is 1. The molecule has 6 heteroatoms. The number of benzene rings is 1. The number of hydrogen-bond donors (Lipinski definition) is 1. The molecule has 0 saturated heterocycles. The highest BCUT2D eigenvalue weighted by atomic mass is 16.5. The lowest BCUT2D eigenvalue weighted by Crippen LogP contribution is -2.45. The second kappa shape index (κ2) is 9.77. The van der Waals surface area contributed by atoms with E-state index in [0.29, 0.717) is 23.1 Å². The molecule has 0 spiro atoms. The zero-order valence-corrected chi connectivity index (χ0v) is 16.0. The van der Waals surface area contributed by atoms with Crippen LogP contribution >= 0.6 is 0 Å². The molecule has 0 aromatic heterocycles. The van der Waals surface area contributed by atoms with Gasteiger partial charge in [0.1, 0.15) is 17.4 Å². The van der Waals surface area contributed by atoms with E-state index in [4.69, 9.17) is 9.47 Å². The lowest BCUT2D eigenvalue weighted by Gasteiger charge is -2.34. The van der Waals surface area contributed by atoms with Crippen molar-refractivity contribution >= 4 is 18.0 Å². The molecule has 1 aliphatic rings. The summed E-state index contributed by atoms with van der Waals surface area (Å²) in [7, 11) is 1.56. The molecule has 0 aliphatic heterocycles. The predicted octanol–water partition coefficient (Wildman–Crippen LogP) is 3.09. The zero-order chi connectivity index (χ0) is 19.8. The quantitative estimate of drug-likeness (QED) is 0.472. The number of carbonyl (C=O) groups excluding carboxylic acids is 2. The third kappa shape index (κ3) is 5.85. The van der Waals surface area contributed by atoms with Gasteiger partial charge in [-0.2, -0.15) is 5.26 Å². The van der Waals surface area contributed by atoms with Crippen LogP contribution < -0.4 is 10.1 Å². The van der Waals surface area contributed by atoms with E-state index < -0.39 is 12.6 Å². The summed E-state index contributed by atoms with van der Waals surface area (Å²) >= 11 is 0. The van der Waals surface area contributed by atoms with E-state index >= 15 is 0 Å². The van der Waals surface area contributed by atoms with Gasteiger partial charge in [0.2, 0.25) is 0 Å². The molecule has 1 saturated carbocycles. The maximum atomic E-state index is 12.1. The highest BCUT2D eigenvalue weighted by Crippen LogP contribution is 2.29. The predicted molar refractivity (Wildman–Crippen MR) is 102 cm³/mol. The Balaban J connectivity index is 1.89. The molecule has 1 aromatic carbocycles. The molecule has 1 aliphatic carbocycles. The van der Waals surface area contributed by atoms with Gasteiger partial charge in [0.05, 0.1) is 7.11 Å². The molecule has 27 heavy (non-hydrogen) atoms. The SMILES string of the molecule is COc1ccc(/C=C(/C#N)C(=O)OCC(=O)N[C@H]2CCC[C@H](C)[C@H]2C)cc1. The summed E-state index contributed by atoms with van der Waals surface area (Å²) in [5.74, 6) is 0.480. The molecular weight excluding hydrogens is 344 g/mol. The smallest absolute Gasteiger partial charge is 0.349 e. The molecule has 2 rings (SSSR count). The van der Waals surface area contributed by atoms with Crippen LogP contribution in [-0.2, 0) is 14.3 Å². The van der Waals surface area contributed by atoms with Gasteiger partial charge in [0, 0.05) is 6.04 Å². The van der Waals surface area contributed by atoms with Gasteiger partial charge >= 0.3 is 5.97 Å². The Labute approximate surface area is 160 Å². The van der Waals surface area contributed by atoms with Gasteiger partial charge in [-0.3, -0.25) is 4.79 Å². The first kappa shape index (κ1) is 20.5. The first-order valence-electron chi connectivity index (χ1n) is 9.17. The van der Waals surface area contributed by atoms with Gasteiger partial charge < -0.3 is 14.8 Å². The fourth-order valence-electron chi connectivity index (χ4n) is 3.25. The van der Waals surface area contributed by atoms with Crippen LogP contribution in [0.4, 0.5) is 0 Å². The molecule has 1 fully saturated rings. The molecule has 0 bridgehead atoms. The summed E-state index contributed by atoms with van der Waals surface area (Å²) in [6.07, 6.45) is 4.61. The van der Waals surface area contributed by atoms with Crippen molar-refractivity contribution in [2.24, 2.45) is 11.8 Å². The number of amides is 1. The van der Waals surface area contributed by atoms with Gasteiger partial charge in [-0.25, -0.2) is 4.79 Å². The minimum absolute atomic E-state index is 0.102. The minimum Gasteiger partial charge on any atom is -0.497 e. The summed E-state index contributed by atoms with van der Waals surface area (Å²) in [5.41, 5.74) is 0.506. The van der Waals surface area contributed by atoms with E-state index in [2.05, 4.69) is 19.2 Å². The molecule has 0 unspecified atom stereocenters. The van der Waals surface area contributed by atoms with Gasteiger partial charge in [0.25, 0.3) is 5.91 Å². The van der Waals surface area contributed by atoms with Crippen molar-refractivity contribution in [1.29, 1.82) is 5.26 Å². The first-order chi connectivity index (χ1) is 12.9. The van der Waals surface area contributed by atoms with Crippen molar-refractivity contribution in [3.63, 3.8) is 0 Å². The highest BCUT2D eigenvalue weighted by molar-refractivity contribution is 5.98. The Bertz CT molecular complexity index is 734. The Morgan fingerprint density at radius 2 is 1.96 bits per heavy atom. The average molecular weight is 370 g/mol. The third-order valence-corrected chi connectivity index (χ3v) is 5.15. The summed E-state index contributed by atoms with van der Waals surface area (Å²) < 4.78 is 10.1. The Kier molecular flexibility index (Phi) is 7.42. The molecule has 1 aromatic rings. The second-order valence-electron chi connectivity index (χ2n) is 6.96. The third-order valence-electron chi connectivity index (χ3n) is 5.15. The summed E-state index contributed by atoms with van der Waals surface area (Å²) in [6, 6.07) is 8.83. The van der Waals surface area contributed by atoms with Crippen LogP contribution in [0.15, 0.2) is 29.8 Å². The number of nitrogens with one attached hydrogen (secondary N) is 1. The number of nitriles is 1. The Hall–Kier alpha value is -2.81. The normalized spacial score (nSPS) is 22.4. The maximum Gasteiger partial charge on any atom is 0.349 e. The number of hydrogen-bond acceptors (Lipinski definition) is 5. The van der Waals surface area contributed by atoms with Gasteiger partial charge in [-0.1, -0.05) is 38.8 Å². The van der Waals surface area contributed by atoms with Crippen LogP contribution in [0.3, 0.4) is 0 Å². The van der Waals surface area contributed by atoms with E-state index in [0.717, 1.165) is 12.8 Å². The van der Waals surface area contributed by atoms with Crippen LogP contribution in [0, 0.1) is 23.2 Å². The van der Waals surface area contributed by atoms with Crippen molar-refractivity contribution in [3.05, 3.63) is 35.4 Å². The number of ether oxygens (including phenoxy) is 2. The monoisotopic (exact) mass is 370 g/mol. The van der Waals surface area contributed by atoms with E-state index in [1.54, 1.807) is 31.4 Å². The van der Waals surface area contributed by atoms with Crippen molar-refractivity contribution < 1.29 is 19.1 Å². The van der Waals surface area contributed by atoms with Crippen LogP contribution in [-0.4, -0.2) is 31.6 Å². The molecule has 6 nitrogen and oxygen atoms in total. The van der Waals surface area contributed by atoms with Gasteiger partial charge in [-0.05, 0) is 42.0 Å². The average Bonchev–Trinajstić information content (AvgIpc) is 2.68. The van der Waals surface area contributed by atoms with Crippen LogP contribution in [0.25, 0.3) is 6.08 Å². The van der Waals surface area contributed by atoms with Crippen molar-refractivity contribution in [2.75, 3.05) is 13.7 Å². The van der Waals surface area contributed by atoms with Gasteiger partial charge in [-0.15, -0.1) is 0 Å². The molecule has 0 radical (unpaired) electrons. The minimum atomic E-state index is -0.812. The zero-order valence-electron chi connectivity index (χ0n) is 16.0. The largest absolute Gasteiger partial charge is 0.497 e. The van der Waals surface area contributed by atoms with Gasteiger partial charge in [0.15, 0.2) is 6.61 Å². The molecule has 144 valence electrons. The Morgan fingerprint density at radius 3 is 2.59 bits per heavy atom. The maximum absolute atomic E-state index is 12.1. The number of rotatable bonds is 6. The molecule has 3 atom stereocenters. The number of nitrogens with zero attached hydrogens (tertiary/aromatic N) is 1. The van der Waals surface area contributed by atoms with E-state index in [1.807, 2.05) is 6.07 Å². The molecule has 1 N–H and O–H groups in total. The highest BCUT2D eigenvalue weighted by Gasteiger charge is 2.28. The van der Waals surface area contributed by atoms with Crippen molar-refractivity contribution in [3.8, 4) is 11.8 Å². The molecule has 0 heterocycles. The van der Waals surface area contributed by atoms with E-state index in [9.17, 15) is 14.9 Å². The van der Waals surface area contributed by atoms with Crippen LogP contribution in [0.2, 0.25) is 0 Å². The fourth-order valence-corrected chi connectivity index (χ4v) is 3.25. The molecule has 1 amide bonds. The molecular formula is C21H26N2O4. The number of methoxy groups -OCH3 is 1. The lowest BCUT2D eigenvalue weighted by molar-refractivity contribution is -0.144. The van der Waals surface area contributed by atoms with E-state index in [1.165, 1.54) is 12.5 Å². The second-order valence-corrected chi connectivity index (χ2v) is 6.96. The van der Waals surface area contributed by atoms with Crippen LogP contribution in [0.5, 0.6) is 5.75 Å². The van der Waals surface area contributed by atoms with Crippen molar-refractivity contribution in [2.45, 2.75) is 39.2 Å². The summed E-state index contributed by atoms with van der Waals surface area (Å²) in [6.45, 7) is 3.93. The summed E-state index contributed by atoms with van der Waals surface area (Å²) in [5, 5.41) is 12.1. The number of carbonyl (C=O) groups is 2. The van der Waals surface area contributed by atoms with E-state index in [-0.39, 0.29) is 17.5 Å². The van der Waals surface area contributed by atoms with Crippen molar-refractivity contribution in [1.82, 2.24) is 5.32 Å². The first-order valence-corrected chi connectivity index (χ1v) is 9.17. The van der Waals surface area contributed by atoms with Crippen LogP contribution in [0.1, 0.15) is 38.7 Å². The summed E-state index contributed by atoms with van der Waals surface area (Å²) in [4.78, 5) is 24.2. The topological polar surface area (TPSA) is 88.4 Å².